The molecule has 0 fully saturated rings. The van der Waals surface area contributed by atoms with Crippen LogP contribution in [0.2, 0.25) is 0 Å². The van der Waals surface area contributed by atoms with Gasteiger partial charge in [-0.3, -0.25) is 4.52 Å². The van der Waals surface area contributed by atoms with Crippen molar-refractivity contribution in [2.45, 2.75) is 19.3 Å². The van der Waals surface area contributed by atoms with Gasteiger partial charge in [0, 0.05) is 18.7 Å². The van der Waals surface area contributed by atoms with Crippen molar-refractivity contribution in [3.8, 4) is 17.5 Å². The molecule has 3 rings (SSSR count). The maximum atomic E-state index is 12.0. The molecule has 2 heterocycles. The van der Waals surface area contributed by atoms with E-state index in [1.165, 1.54) is 0 Å². The number of carbonyl (C=O) groups is 1. The number of rotatable bonds is 2. The fourth-order valence-electron chi connectivity index (χ4n) is 1.94. The molecule has 110 valence electrons. The fourth-order valence-corrected chi connectivity index (χ4v) is 1.94. The summed E-state index contributed by atoms with van der Waals surface area (Å²) in [4.78, 5) is 14.3. The number of hydrogen-bond donors (Lipinski definition) is 1. The molecular formula is C12H8F3N3O3. The van der Waals surface area contributed by atoms with E-state index in [1.54, 1.807) is 12.1 Å². The summed E-state index contributed by atoms with van der Waals surface area (Å²) in [5, 5.41) is 6.65. The van der Waals surface area contributed by atoms with E-state index < -0.39 is 18.2 Å². The number of aromatic nitrogens is 2. The second-order valence-corrected chi connectivity index (χ2v) is 4.36. The Labute approximate surface area is 115 Å². The summed E-state index contributed by atoms with van der Waals surface area (Å²) < 4.78 is 44.6. The summed E-state index contributed by atoms with van der Waals surface area (Å²) in [5.41, 5.74) is 2.74. The molecule has 0 spiro atoms. The Morgan fingerprint density at radius 2 is 2.05 bits per heavy atom. The zero-order chi connectivity index (χ0) is 15.0. The van der Waals surface area contributed by atoms with Gasteiger partial charge in [-0.25, -0.2) is 4.79 Å². The molecule has 0 unspecified atom stereocenters. The lowest BCUT2D eigenvalue weighted by atomic mass is 10.1. The topological polar surface area (TPSA) is 77.2 Å². The van der Waals surface area contributed by atoms with Crippen LogP contribution in [-0.2, 0) is 17.9 Å². The summed E-state index contributed by atoms with van der Waals surface area (Å²) in [6, 6.07) is 5.38. The van der Waals surface area contributed by atoms with E-state index in [1.807, 2.05) is 6.07 Å². The zero-order valence-corrected chi connectivity index (χ0v) is 10.4. The van der Waals surface area contributed by atoms with Crippen LogP contribution < -0.4 is 10.1 Å². The molecule has 1 aromatic heterocycles. The van der Waals surface area contributed by atoms with Crippen molar-refractivity contribution in [2.24, 2.45) is 0 Å². The first-order chi connectivity index (χ1) is 9.93. The van der Waals surface area contributed by atoms with Gasteiger partial charge in [0.15, 0.2) is 0 Å². The highest BCUT2D eigenvalue weighted by Gasteiger charge is 2.42. The number of alkyl halides is 3. The minimum Gasteiger partial charge on any atom is -0.369 e. The standard InChI is InChI=1S/C12H8F3N3O3/c13-12(14,15)10(19)20-11-17-9(18-21-11)6-1-2-7-4-16-5-8(7)3-6/h1-3,16H,4-5H2. The van der Waals surface area contributed by atoms with E-state index in [0.29, 0.717) is 12.1 Å². The van der Waals surface area contributed by atoms with E-state index in [0.717, 1.165) is 17.7 Å². The van der Waals surface area contributed by atoms with Crippen molar-refractivity contribution in [3.05, 3.63) is 29.3 Å². The molecule has 9 heteroatoms. The monoisotopic (exact) mass is 299 g/mol. The normalized spacial score (nSPS) is 14.0. The first-order valence-corrected chi connectivity index (χ1v) is 5.89. The number of nitrogens with zero attached hydrogens (tertiary/aromatic N) is 2. The van der Waals surface area contributed by atoms with Crippen LogP contribution in [0.5, 0.6) is 6.08 Å². The molecular weight excluding hydrogens is 291 g/mol. The highest BCUT2D eigenvalue weighted by atomic mass is 19.4. The van der Waals surface area contributed by atoms with Gasteiger partial charge >= 0.3 is 18.2 Å². The first-order valence-electron chi connectivity index (χ1n) is 5.89. The molecule has 1 aromatic carbocycles. The highest BCUT2D eigenvalue weighted by Crippen LogP contribution is 2.25. The summed E-state index contributed by atoms with van der Waals surface area (Å²) in [7, 11) is 0. The summed E-state index contributed by atoms with van der Waals surface area (Å²) >= 11 is 0. The molecule has 0 aliphatic carbocycles. The number of benzene rings is 1. The summed E-state index contributed by atoms with van der Waals surface area (Å²) in [6.45, 7) is 1.45. The lowest BCUT2D eigenvalue weighted by molar-refractivity contribution is -0.191. The van der Waals surface area contributed by atoms with Crippen molar-refractivity contribution in [3.63, 3.8) is 0 Å². The van der Waals surface area contributed by atoms with Crippen LogP contribution in [0.3, 0.4) is 0 Å². The van der Waals surface area contributed by atoms with Crippen molar-refractivity contribution < 1.29 is 27.2 Å². The van der Waals surface area contributed by atoms with Crippen molar-refractivity contribution in [1.82, 2.24) is 15.5 Å². The Morgan fingerprint density at radius 1 is 1.29 bits per heavy atom. The molecule has 0 bridgehead atoms. The zero-order valence-electron chi connectivity index (χ0n) is 10.4. The van der Waals surface area contributed by atoms with Crippen LogP contribution in [0, 0.1) is 0 Å². The fraction of sp³-hybridized carbons (Fsp3) is 0.250. The van der Waals surface area contributed by atoms with Crippen LogP contribution in [0.1, 0.15) is 11.1 Å². The van der Waals surface area contributed by atoms with E-state index in [9.17, 15) is 18.0 Å². The second-order valence-electron chi connectivity index (χ2n) is 4.36. The summed E-state index contributed by atoms with van der Waals surface area (Å²) in [6.07, 6.45) is -5.96. The molecule has 1 aliphatic rings. The average molecular weight is 299 g/mol. The third-order valence-electron chi connectivity index (χ3n) is 2.91. The van der Waals surface area contributed by atoms with Crippen molar-refractivity contribution in [1.29, 1.82) is 0 Å². The van der Waals surface area contributed by atoms with Gasteiger partial charge in [-0.1, -0.05) is 17.3 Å². The maximum Gasteiger partial charge on any atom is 0.491 e. The lowest BCUT2D eigenvalue weighted by Crippen LogP contribution is -2.28. The number of hydrogen-bond acceptors (Lipinski definition) is 6. The van der Waals surface area contributed by atoms with Gasteiger partial charge < -0.3 is 10.1 Å². The molecule has 0 amide bonds. The Morgan fingerprint density at radius 3 is 2.81 bits per heavy atom. The van der Waals surface area contributed by atoms with E-state index in [4.69, 9.17) is 0 Å². The number of nitrogens with one attached hydrogen (secondary N) is 1. The van der Waals surface area contributed by atoms with Gasteiger partial charge in [-0.15, -0.1) is 0 Å². The predicted octanol–water partition coefficient (Wildman–Crippen LogP) is 1.81. The minimum atomic E-state index is -5.12. The molecule has 0 saturated carbocycles. The number of ether oxygens (including phenoxy) is 1. The van der Waals surface area contributed by atoms with E-state index in [-0.39, 0.29) is 5.82 Å². The van der Waals surface area contributed by atoms with Crippen LogP contribution in [0.4, 0.5) is 13.2 Å². The molecule has 0 atom stereocenters. The highest BCUT2D eigenvalue weighted by molar-refractivity contribution is 5.77. The van der Waals surface area contributed by atoms with E-state index >= 15 is 0 Å². The summed E-state index contributed by atoms with van der Waals surface area (Å²) in [5.74, 6) is -2.36. The SMILES string of the molecule is O=C(Oc1nc(-c2ccc3c(c2)CNC3)no1)C(F)(F)F. The van der Waals surface area contributed by atoms with Gasteiger partial charge in [0.2, 0.25) is 5.82 Å². The molecule has 1 N–H and O–H groups in total. The molecule has 1 aliphatic heterocycles. The van der Waals surface area contributed by atoms with E-state index in [2.05, 4.69) is 24.7 Å². The van der Waals surface area contributed by atoms with Gasteiger partial charge in [0.1, 0.15) is 0 Å². The van der Waals surface area contributed by atoms with Crippen LogP contribution >= 0.6 is 0 Å². The number of halogens is 3. The third kappa shape index (κ3) is 2.72. The molecule has 6 nitrogen and oxygen atoms in total. The molecule has 21 heavy (non-hydrogen) atoms. The first kappa shape index (κ1) is 13.6. The van der Waals surface area contributed by atoms with Gasteiger partial charge in [-0.2, -0.15) is 18.2 Å². The quantitative estimate of drug-likeness (QED) is 0.852. The number of carbonyl (C=O) groups excluding carboxylic acids is 1. The average Bonchev–Trinajstić information content (AvgIpc) is 3.04. The van der Waals surface area contributed by atoms with Crippen LogP contribution in [0.25, 0.3) is 11.4 Å². The van der Waals surface area contributed by atoms with Gasteiger partial charge in [0.25, 0.3) is 0 Å². The Hall–Kier alpha value is -2.42. The molecule has 2 aromatic rings. The van der Waals surface area contributed by atoms with Crippen molar-refractivity contribution >= 4 is 5.97 Å². The predicted molar refractivity (Wildman–Crippen MR) is 62.0 cm³/mol. The van der Waals surface area contributed by atoms with Crippen molar-refractivity contribution in [2.75, 3.05) is 0 Å². The minimum absolute atomic E-state index is 0.0506. The largest absolute Gasteiger partial charge is 0.491 e. The van der Waals surface area contributed by atoms with Gasteiger partial charge in [-0.05, 0) is 17.2 Å². The Bertz CT molecular complexity index is 697. The lowest BCUT2D eigenvalue weighted by Gasteiger charge is -2.01. The van der Waals surface area contributed by atoms with Crippen LogP contribution in [0.15, 0.2) is 22.7 Å². The maximum absolute atomic E-state index is 12.0. The molecule has 0 saturated heterocycles. The third-order valence-corrected chi connectivity index (χ3v) is 2.91. The number of esters is 1. The second kappa shape index (κ2) is 4.85. The smallest absolute Gasteiger partial charge is 0.369 e. The molecule has 0 radical (unpaired) electrons. The number of fused-ring (bicyclic) bond motifs is 1. The Kier molecular flexibility index (Phi) is 3.13. The van der Waals surface area contributed by atoms with Gasteiger partial charge in [0.05, 0.1) is 0 Å². The Balaban J connectivity index is 1.80. The van der Waals surface area contributed by atoms with Crippen LogP contribution in [-0.4, -0.2) is 22.3 Å².